The number of quaternary nitrogens is 8. The van der Waals surface area contributed by atoms with Crippen LogP contribution in [0.4, 0.5) is 0 Å². The second-order valence-corrected chi connectivity index (χ2v) is 21.9. The highest BCUT2D eigenvalue weighted by Crippen LogP contribution is 1.88. The lowest BCUT2D eigenvalue weighted by Gasteiger charge is -2.21. The number of hydrogen-bond donors (Lipinski definition) is 8. The zero-order valence-electron chi connectivity index (χ0n) is 45.5. The summed E-state index contributed by atoms with van der Waals surface area (Å²) in [4.78, 5) is 0. The molecule has 0 unspecified atom stereocenters. The highest BCUT2D eigenvalue weighted by molar-refractivity contribution is 4.23. The second kappa shape index (κ2) is 60.8. The Morgan fingerprint density at radius 2 is 0.203 bits per heavy atom. The Bertz CT molecular complexity index is 599. The minimum absolute atomic E-state index is 0. The number of nitrogens with zero attached hydrogens (tertiary/aromatic N) is 8. The third-order valence-corrected chi connectivity index (χ3v) is 6.17. The molecule has 0 aromatic heterocycles. The van der Waals surface area contributed by atoms with E-state index in [1.807, 2.05) is 0 Å². The number of likely N-dealkylation sites (N-methyl/N-ethyl adjacent to an activating group) is 8. The summed E-state index contributed by atoms with van der Waals surface area (Å²) in [6, 6.07) is 0. The van der Waals surface area contributed by atoms with Crippen molar-refractivity contribution < 1.29 is 176 Å². The molecule has 0 rings (SSSR count). The highest BCUT2D eigenvalue weighted by Gasteiger charge is 2.06. The van der Waals surface area contributed by atoms with Crippen LogP contribution in [0.25, 0.3) is 0 Å². The molecule has 0 spiro atoms. The maximum atomic E-state index is 8.39. The lowest BCUT2D eigenvalue weighted by Crippen LogP contribution is -3.00. The smallest absolute Gasteiger partial charge is 0.101 e. The van der Waals surface area contributed by atoms with Crippen LogP contribution in [0.2, 0.25) is 0 Å². The average Bonchev–Trinajstić information content (AvgIpc) is 2.86. The normalized spacial score (nSPS) is 10.5. The fourth-order valence-electron chi connectivity index (χ4n) is 2.40. The third-order valence-electron chi connectivity index (χ3n) is 6.17. The maximum absolute atomic E-state index is 8.39. The molecule has 24 heteroatoms. The number of aliphatic hydroxyl groups is 8. The Morgan fingerprint density at radius 3 is 0.203 bits per heavy atom. The quantitative estimate of drug-likeness (QED) is 0.0709. The van der Waals surface area contributed by atoms with Gasteiger partial charge in [0.1, 0.15) is 52.4 Å². The first kappa shape index (κ1) is 111. The van der Waals surface area contributed by atoms with Crippen molar-refractivity contribution in [1.82, 2.24) is 0 Å². The summed E-state index contributed by atoms with van der Waals surface area (Å²) in [6.45, 7) is 8.92. The third kappa shape index (κ3) is 221. The molecule has 0 amide bonds. The highest BCUT2D eigenvalue weighted by atomic mass is 35.5. The Kier molecular flexibility index (Phi) is 106. The zero-order valence-corrected chi connectivity index (χ0v) is 51.5. The minimum atomic E-state index is 0. The van der Waals surface area contributed by atoms with E-state index in [1.54, 1.807) is 0 Å². The molecule has 0 heterocycles. The summed E-state index contributed by atoms with van der Waals surface area (Å²) in [5.74, 6) is 0. The topological polar surface area (TPSA) is 162 Å². The molecule has 416 valence electrons. The summed E-state index contributed by atoms with van der Waals surface area (Å²) in [7, 11) is 49.2. The van der Waals surface area contributed by atoms with Crippen LogP contribution in [-0.2, 0) is 0 Å². The van der Waals surface area contributed by atoms with Gasteiger partial charge in [0.05, 0.1) is 222 Å². The summed E-state index contributed by atoms with van der Waals surface area (Å²) in [5, 5.41) is 67.1. The monoisotopic (exact) mass is 1110 g/mol. The van der Waals surface area contributed by atoms with Crippen molar-refractivity contribution in [1.29, 1.82) is 0 Å². The van der Waals surface area contributed by atoms with Gasteiger partial charge in [-0.1, -0.05) is 0 Å². The molecule has 0 radical (unpaired) electrons. The minimum Gasteiger partial charge on any atom is -1.00 e. The van der Waals surface area contributed by atoms with Crippen LogP contribution in [0.5, 0.6) is 0 Å². The van der Waals surface area contributed by atoms with E-state index in [1.165, 1.54) is 0 Å². The molecule has 64 heavy (non-hydrogen) atoms. The first-order valence-electron chi connectivity index (χ1n) is 19.8. The molecule has 0 aromatic carbocycles. The van der Waals surface area contributed by atoms with Gasteiger partial charge >= 0.3 is 0 Å². The van der Waals surface area contributed by atoms with Crippen LogP contribution < -0.4 is 99.3 Å². The molecular formula is C40H112Cl8N8O8. The van der Waals surface area contributed by atoms with Crippen molar-refractivity contribution in [2.75, 3.05) is 274 Å². The van der Waals surface area contributed by atoms with E-state index in [-0.39, 0.29) is 152 Å². The van der Waals surface area contributed by atoms with Gasteiger partial charge in [-0.05, 0) is 0 Å². The van der Waals surface area contributed by atoms with E-state index in [0.717, 1.165) is 88.2 Å². The van der Waals surface area contributed by atoms with E-state index in [0.29, 0.717) is 0 Å². The van der Waals surface area contributed by atoms with Gasteiger partial charge in [0.25, 0.3) is 0 Å². The fraction of sp³-hybridized carbons (Fsp3) is 1.00. The molecule has 0 bridgehead atoms. The lowest BCUT2D eigenvalue weighted by molar-refractivity contribution is -0.870. The van der Waals surface area contributed by atoms with E-state index in [9.17, 15) is 0 Å². The predicted molar refractivity (Wildman–Crippen MR) is 240 cm³/mol. The van der Waals surface area contributed by atoms with Crippen molar-refractivity contribution in [2.45, 2.75) is 0 Å². The van der Waals surface area contributed by atoms with Gasteiger partial charge in [-0.2, -0.15) is 0 Å². The molecule has 0 saturated heterocycles. The molecule has 0 atom stereocenters. The molecule has 0 aliphatic heterocycles. The lowest BCUT2D eigenvalue weighted by atomic mass is 10.5. The molecule has 0 fully saturated rings. The van der Waals surface area contributed by atoms with Crippen LogP contribution in [0.1, 0.15) is 0 Å². The molecule has 0 aliphatic rings. The van der Waals surface area contributed by atoms with E-state index >= 15 is 0 Å². The van der Waals surface area contributed by atoms with Gasteiger partial charge in [-0.3, -0.25) is 0 Å². The number of aliphatic hydroxyl groups excluding tert-OH is 8. The van der Waals surface area contributed by atoms with E-state index < -0.39 is 0 Å². The van der Waals surface area contributed by atoms with Crippen LogP contribution >= 0.6 is 0 Å². The predicted octanol–water partition coefficient (Wildman–Crippen LogP) is -26.5. The zero-order chi connectivity index (χ0) is 47.3. The van der Waals surface area contributed by atoms with E-state index in [4.69, 9.17) is 40.9 Å². The van der Waals surface area contributed by atoms with Crippen molar-refractivity contribution in [3.8, 4) is 0 Å². The molecule has 8 N–H and O–H groups in total. The summed E-state index contributed by atoms with van der Waals surface area (Å²) < 4.78 is 6.75. The molecule has 0 aromatic rings. The average molecular weight is 1120 g/mol. The summed E-state index contributed by atoms with van der Waals surface area (Å²) in [6.07, 6.45) is 0. The van der Waals surface area contributed by atoms with Crippen molar-refractivity contribution >= 4 is 0 Å². The van der Waals surface area contributed by atoms with Crippen LogP contribution in [0.15, 0.2) is 0 Å². The maximum Gasteiger partial charge on any atom is 0.101 e. The molecule has 0 saturated carbocycles. The van der Waals surface area contributed by atoms with E-state index in [2.05, 4.69) is 169 Å². The number of halogens is 8. The Balaban J connectivity index is -0.0000000289. The number of hydrogen-bond acceptors (Lipinski definition) is 8. The fourth-order valence-corrected chi connectivity index (χ4v) is 2.40. The first-order chi connectivity index (χ1) is 24.5. The van der Waals surface area contributed by atoms with Gasteiger partial charge in [-0.15, -0.1) is 0 Å². The SMILES string of the molecule is C[N+](C)(C)CCO.C[N+](C)(C)CCO.C[N+](C)(C)CCO.C[N+](C)(C)CCO.C[N+](C)(C)CCO.C[N+](C)(C)CCO.C[N+](C)(C)CCO.C[N+](C)(C)CCO.[Cl-].[Cl-].[Cl-].[Cl-].[Cl-].[Cl-].[Cl-].[Cl-]. The number of rotatable bonds is 16. The van der Waals surface area contributed by atoms with Gasteiger partial charge in [-0.25, -0.2) is 0 Å². The van der Waals surface area contributed by atoms with Gasteiger partial charge < -0.3 is 176 Å². The molecule has 16 nitrogen and oxygen atoms in total. The van der Waals surface area contributed by atoms with Gasteiger partial charge in [0, 0.05) is 0 Å². The molecule has 0 aliphatic carbocycles. The Labute approximate surface area is 447 Å². The van der Waals surface area contributed by atoms with Crippen LogP contribution in [-0.4, -0.2) is 351 Å². The van der Waals surface area contributed by atoms with Gasteiger partial charge in [0.15, 0.2) is 0 Å². The Morgan fingerprint density at radius 1 is 0.156 bits per heavy atom. The standard InChI is InChI=1S/8C5H14NO.8ClH/c8*1-6(2,3)4-5-7;;;;;;;;/h8*7H,4-5H2,1-3H3;8*1H/q8*+1;;;;;;;;/p-8. The summed E-state index contributed by atoms with van der Waals surface area (Å²) in [5.41, 5.74) is 0. The van der Waals surface area contributed by atoms with Crippen LogP contribution in [0.3, 0.4) is 0 Å². The summed E-state index contributed by atoms with van der Waals surface area (Å²) >= 11 is 0. The van der Waals surface area contributed by atoms with Crippen molar-refractivity contribution in [2.24, 2.45) is 0 Å². The van der Waals surface area contributed by atoms with Crippen molar-refractivity contribution in [3.63, 3.8) is 0 Å². The first-order valence-corrected chi connectivity index (χ1v) is 19.8. The molecular weight excluding hydrogens is 1000 g/mol. The Hall–Kier alpha value is 1.68. The van der Waals surface area contributed by atoms with Crippen molar-refractivity contribution in [3.05, 3.63) is 0 Å². The second-order valence-electron chi connectivity index (χ2n) is 21.9. The van der Waals surface area contributed by atoms with Gasteiger partial charge in [0.2, 0.25) is 0 Å². The largest absolute Gasteiger partial charge is 1.00 e. The van der Waals surface area contributed by atoms with Crippen LogP contribution in [0, 0.1) is 0 Å².